The van der Waals surface area contributed by atoms with Gasteiger partial charge < -0.3 is 16.0 Å². The first-order valence-corrected chi connectivity index (χ1v) is 5.71. The molecule has 1 rings (SSSR count). The molecular formula is C12H18N4O2. The van der Waals surface area contributed by atoms with Crippen molar-refractivity contribution in [3.63, 3.8) is 0 Å². The van der Waals surface area contributed by atoms with E-state index >= 15 is 0 Å². The monoisotopic (exact) mass is 250 g/mol. The predicted molar refractivity (Wildman–Crippen MR) is 67.9 cm³/mol. The Morgan fingerprint density at radius 3 is 2.78 bits per heavy atom. The van der Waals surface area contributed by atoms with Crippen molar-refractivity contribution in [2.45, 2.75) is 13.0 Å². The van der Waals surface area contributed by atoms with Crippen LogP contribution in [0.4, 0.5) is 0 Å². The molecular weight excluding hydrogens is 232 g/mol. The Morgan fingerprint density at radius 1 is 1.50 bits per heavy atom. The van der Waals surface area contributed by atoms with Crippen LogP contribution in [0.1, 0.15) is 17.4 Å². The van der Waals surface area contributed by atoms with Crippen LogP contribution in [-0.2, 0) is 4.79 Å². The van der Waals surface area contributed by atoms with E-state index in [1.807, 2.05) is 6.92 Å². The first-order valence-electron chi connectivity index (χ1n) is 5.71. The maximum absolute atomic E-state index is 11.7. The van der Waals surface area contributed by atoms with Gasteiger partial charge in [-0.25, -0.2) is 0 Å². The smallest absolute Gasteiger partial charge is 0.270 e. The third-order valence-electron chi connectivity index (χ3n) is 2.69. The van der Waals surface area contributed by atoms with Crippen LogP contribution in [0, 0.1) is 0 Å². The van der Waals surface area contributed by atoms with E-state index in [1.54, 1.807) is 25.2 Å². The van der Waals surface area contributed by atoms with Crippen molar-refractivity contribution in [1.82, 2.24) is 15.2 Å². The summed E-state index contributed by atoms with van der Waals surface area (Å²) in [5.41, 5.74) is 5.76. The lowest BCUT2D eigenvalue weighted by Crippen LogP contribution is -2.44. The van der Waals surface area contributed by atoms with Gasteiger partial charge in [-0.05, 0) is 19.1 Å². The average molecular weight is 250 g/mol. The highest BCUT2D eigenvalue weighted by molar-refractivity contribution is 5.94. The van der Waals surface area contributed by atoms with Gasteiger partial charge in [0.05, 0.1) is 6.54 Å². The molecule has 18 heavy (non-hydrogen) atoms. The summed E-state index contributed by atoms with van der Waals surface area (Å²) >= 11 is 0. The zero-order chi connectivity index (χ0) is 13.5. The second kappa shape index (κ2) is 6.70. The summed E-state index contributed by atoms with van der Waals surface area (Å²) < 4.78 is 0. The Labute approximate surface area is 106 Å². The second-order valence-electron chi connectivity index (χ2n) is 3.99. The van der Waals surface area contributed by atoms with Crippen LogP contribution in [0.2, 0.25) is 0 Å². The number of rotatable bonds is 5. The molecule has 0 aliphatic carbocycles. The molecule has 1 atom stereocenters. The largest absolute Gasteiger partial charge is 0.342 e. The standard InChI is InChI=1S/C12H18N4O2/c1-9(7-13)16(2)11(17)8-15-12(18)10-5-3-4-6-14-10/h3-6,9H,7-8,13H2,1-2H3,(H,15,18). The Hall–Kier alpha value is -1.95. The summed E-state index contributed by atoms with van der Waals surface area (Å²) in [6, 6.07) is 4.97. The van der Waals surface area contributed by atoms with Gasteiger partial charge in [-0.3, -0.25) is 14.6 Å². The van der Waals surface area contributed by atoms with E-state index < -0.39 is 0 Å². The number of nitrogens with two attached hydrogens (primary N) is 1. The lowest BCUT2D eigenvalue weighted by atomic mass is 10.3. The van der Waals surface area contributed by atoms with Crippen molar-refractivity contribution in [2.75, 3.05) is 20.1 Å². The van der Waals surface area contributed by atoms with Gasteiger partial charge in [0.15, 0.2) is 0 Å². The molecule has 0 radical (unpaired) electrons. The van der Waals surface area contributed by atoms with Gasteiger partial charge in [-0.1, -0.05) is 6.07 Å². The van der Waals surface area contributed by atoms with E-state index in [1.165, 1.54) is 11.1 Å². The number of hydrogen-bond donors (Lipinski definition) is 2. The van der Waals surface area contributed by atoms with E-state index in [4.69, 9.17) is 5.73 Å². The second-order valence-corrected chi connectivity index (χ2v) is 3.99. The molecule has 1 unspecified atom stereocenters. The van der Waals surface area contributed by atoms with Crippen LogP contribution in [0.5, 0.6) is 0 Å². The third-order valence-corrected chi connectivity index (χ3v) is 2.69. The number of pyridine rings is 1. The van der Waals surface area contributed by atoms with Gasteiger partial charge in [0, 0.05) is 25.8 Å². The van der Waals surface area contributed by atoms with Crippen molar-refractivity contribution in [1.29, 1.82) is 0 Å². The minimum atomic E-state index is -0.363. The summed E-state index contributed by atoms with van der Waals surface area (Å²) in [7, 11) is 1.66. The van der Waals surface area contributed by atoms with Crippen molar-refractivity contribution in [3.05, 3.63) is 30.1 Å². The highest BCUT2D eigenvalue weighted by atomic mass is 16.2. The zero-order valence-corrected chi connectivity index (χ0v) is 10.6. The molecule has 0 saturated carbocycles. The van der Waals surface area contributed by atoms with Crippen molar-refractivity contribution in [3.8, 4) is 0 Å². The molecule has 0 saturated heterocycles. The number of nitrogens with zero attached hydrogens (tertiary/aromatic N) is 2. The van der Waals surface area contributed by atoms with E-state index in [0.717, 1.165) is 0 Å². The number of carbonyl (C=O) groups excluding carboxylic acids is 2. The highest BCUT2D eigenvalue weighted by Gasteiger charge is 2.15. The molecule has 2 amide bonds. The molecule has 0 fully saturated rings. The first-order chi connectivity index (χ1) is 8.56. The highest BCUT2D eigenvalue weighted by Crippen LogP contribution is 1.95. The molecule has 0 aliphatic heterocycles. The van der Waals surface area contributed by atoms with Gasteiger partial charge in [0.25, 0.3) is 5.91 Å². The van der Waals surface area contributed by atoms with Crippen molar-refractivity contribution in [2.24, 2.45) is 5.73 Å². The minimum absolute atomic E-state index is 0.0516. The fourth-order valence-corrected chi connectivity index (χ4v) is 1.27. The molecule has 0 aromatic carbocycles. The SMILES string of the molecule is CC(CN)N(C)C(=O)CNC(=O)c1ccccn1. The van der Waals surface area contributed by atoms with Crippen molar-refractivity contribution >= 4 is 11.8 Å². The Balaban J connectivity index is 2.46. The molecule has 0 spiro atoms. The van der Waals surface area contributed by atoms with Crippen LogP contribution in [-0.4, -0.2) is 47.9 Å². The normalized spacial score (nSPS) is 11.7. The van der Waals surface area contributed by atoms with Gasteiger partial charge in [0.2, 0.25) is 5.91 Å². The van der Waals surface area contributed by atoms with E-state index in [9.17, 15) is 9.59 Å². The number of aromatic nitrogens is 1. The molecule has 1 aromatic heterocycles. The number of carbonyl (C=O) groups is 2. The van der Waals surface area contributed by atoms with Crippen LogP contribution in [0.3, 0.4) is 0 Å². The molecule has 0 aliphatic rings. The average Bonchev–Trinajstić information content (AvgIpc) is 2.43. The molecule has 0 bridgehead atoms. The molecule has 6 heteroatoms. The number of amides is 2. The third kappa shape index (κ3) is 3.81. The van der Waals surface area contributed by atoms with Crippen LogP contribution < -0.4 is 11.1 Å². The summed E-state index contributed by atoms with van der Waals surface area (Å²) in [6.07, 6.45) is 1.53. The molecule has 98 valence electrons. The van der Waals surface area contributed by atoms with E-state index in [-0.39, 0.29) is 24.4 Å². The minimum Gasteiger partial charge on any atom is -0.342 e. The number of hydrogen-bond acceptors (Lipinski definition) is 4. The van der Waals surface area contributed by atoms with Crippen molar-refractivity contribution < 1.29 is 9.59 Å². The fraction of sp³-hybridized carbons (Fsp3) is 0.417. The Kier molecular flexibility index (Phi) is 5.26. The number of likely N-dealkylation sites (N-methyl/N-ethyl adjacent to an activating group) is 1. The van der Waals surface area contributed by atoms with Crippen LogP contribution >= 0.6 is 0 Å². The van der Waals surface area contributed by atoms with Gasteiger partial charge >= 0.3 is 0 Å². The lowest BCUT2D eigenvalue weighted by molar-refractivity contribution is -0.130. The quantitative estimate of drug-likeness (QED) is 0.745. The first kappa shape index (κ1) is 14.1. The van der Waals surface area contributed by atoms with Gasteiger partial charge in [-0.15, -0.1) is 0 Å². The summed E-state index contributed by atoms with van der Waals surface area (Å²) in [5.74, 6) is -0.546. The maximum atomic E-state index is 11.7. The summed E-state index contributed by atoms with van der Waals surface area (Å²) in [4.78, 5) is 28.8. The molecule has 1 heterocycles. The maximum Gasteiger partial charge on any atom is 0.270 e. The molecule has 6 nitrogen and oxygen atoms in total. The molecule has 3 N–H and O–H groups in total. The zero-order valence-electron chi connectivity index (χ0n) is 10.6. The summed E-state index contributed by atoms with van der Waals surface area (Å²) in [5, 5.41) is 2.53. The topological polar surface area (TPSA) is 88.3 Å². The fourth-order valence-electron chi connectivity index (χ4n) is 1.27. The van der Waals surface area contributed by atoms with Gasteiger partial charge in [-0.2, -0.15) is 0 Å². The predicted octanol–water partition coefficient (Wildman–Crippen LogP) is -0.383. The molecule has 1 aromatic rings. The van der Waals surface area contributed by atoms with E-state index in [2.05, 4.69) is 10.3 Å². The van der Waals surface area contributed by atoms with Crippen LogP contribution in [0.25, 0.3) is 0 Å². The summed E-state index contributed by atoms with van der Waals surface area (Å²) in [6.45, 7) is 2.17. The number of nitrogens with one attached hydrogen (secondary N) is 1. The Bertz CT molecular complexity index is 408. The lowest BCUT2D eigenvalue weighted by Gasteiger charge is -2.23. The van der Waals surface area contributed by atoms with Gasteiger partial charge in [0.1, 0.15) is 5.69 Å². The van der Waals surface area contributed by atoms with Crippen LogP contribution in [0.15, 0.2) is 24.4 Å². The van der Waals surface area contributed by atoms with E-state index in [0.29, 0.717) is 12.2 Å². The Morgan fingerprint density at radius 2 is 2.22 bits per heavy atom.